The Morgan fingerprint density at radius 2 is 1.68 bits per heavy atom. The van der Waals surface area contributed by atoms with Gasteiger partial charge in [-0.1, -0.05) is 60.2 Å². The van der Waals surface area contributed by atoms with E-state index < -0.39 is 18.1 Å². The summed E-state index contributed by atoms with van der Waals surface area (Å²) in [6.07, 6.45) is 2.75. The van der Waals surface area contributed by atoms with Crippen molar-refractivity contribution in [3.8, 4) is 0 Å². The number of carbonyl (C=O) groups excluding carboxylic acids is 2. The Morgan fingerprint density at radius 3 is 2.44 bits per heavy atom. The van der Waals surface area contributed by atoms with E-state index in [2.05, 4.69) is 20.6 Å². The smallest absolute Gasteiger partial charge is 0.249 e. The maximum Gasteiger partial charge on any atom is 0.249 e. The first-order valence-electron chi connectivity index (χ1n) is 11.3. The molecule has 2 heterocycles. The van der Waals surface area contributed by atoms with E-state index in [1.54, 1.807) is 6.20 Å². The van der Waals surface area contributed by atoms with Gasteiger partial charge in [-0.15, -0.1) is 0 Å². The molecule has 2 atom stereocenters. The summed E-state index contributed by atoms with van der Waals surface area (Å²) >= 11 is 0. The first-order valence-corrected chi connectivity index (χ1v) is 11.3. The van der Waals surface area contributed by atoms with Crippen LogP contribution in [0.25, 0.3) is 11.0 Å². The number of H-pyrrole nitrogens is 1. The van der Waals surface area contributed by atoms with Crippen LogP contribution in [-0.4, -0.2) is 39.0 Å². The lowest BCUT2D eigenvalue weighted by atomic mass is 10.0. The van der Waals surface area contributed by atoms with Crippen LogP contribution < -0.4 is 10.6 Å². The van der Waals surface area contributed by atoms with Crippen LogP contribution in [0, 0.1) is 6.92 Å². The standard InChI is InChI=1S/C27H28N4O3/c1-18-7-9-20(10-8-18)14-23(31-27(34)24(32)15-19-5-3-2-4-6-19)26(33)30-17-21-13-22-11-12-28-25(22)29-16-21/h2-13,16,23-24,32H,14-15,17H2,1H3,(H,28,29)(H,30,33)(H,31,34)/t23-,24+/m0/s1. The van der Waals surface area contributed by atoms with Gasteiger partial charge in [-0.25, -0.2) is 4.98 Å². The van der Waals surface area contributed by atoms with Gasteiger partial charge >= 0.3 is 0 Å². The Labute approximate surface area is 198 Å². The lowest BCUT2D eigenvalue weighted by molar-refractivity contribution is -0.134. The van der Waals surface area contributed by atoms with Crippen molar-refractivity contribution in [2.45, 2.75) is 38.5 Å². The van der Waals surface area contributed by atoms with E-state index in [4.69, 9.17) is 0 Å². The quantitative estimate of drug-likeness (QED) is 0.311. The second-order valence-electron chi connectivity index (χ2n) is 8.43. The molecule has 0 bridgehead atoms. The van der Waals surface area contributed by atoms with Gasteiger partial charge in [0.25, 0.3) is 0 Å². The molecule has 4 aromatic rings. The van der Waals surface area contributed by atoms with E-state index in [1.165, 1.54) is 0 Å². The van der Waals surface area contributed by atoms with Gasteiger partial charge in [0.1, 0.15) is 17.8 Å². The molecule has 4 N–H and O–H groups in total. The lowest BCUT2D eigenvalue weighted by Crippen LogP contribution is -2.51. The number of hydrogen-bond donors (Lipinski definition) is 4. The van der Waals surface area contributed by atoms with Crippen LogP contribution in [0.4, 0.5) is 0 Å². The number of amides is 2. The number of hydrogen-bond acceptors (Lipinski definition) is 4. The number of aromatic nitrogens is 2. The highest BCUT2D eigenvalue weighted by atomic mass is 16.3. The zero-order chi connectivity index (χ0) is 23.9. The zero-order valence-corrected chi connectivity index (χ0v) is 19.0. The van der Waals surface area contributed by atoms with Crippen molar-refractivity contribution in [2.24, 2.45) is 0 Å². The van der Waals surface area contributed by atoms with Crippen LogP contribution in [0.5, 0.6) is 0 Å². The summed E-state index contributed by atoms with van der Waals surface area (Å²) in [6.45, 7) is 2.27. The van der Waals surface area contributed by atoms with Crippen molar-refractivity contribution in [1.29, 1.82) is 0 Å². The minimum Gasteiger partial charge on any atom is -0.383 e. The van der Waals surface area contributed by atoms with Crippen LogP contribution >= 0.6 is 0 Å². The molecule has 0 unspecified atom stereocenters. The Bertz CT molecular complexity index is 1250. The van der Waals surface area contributed by atoms with Crippen LogP contribution in [0.2, 0.25) is 0 Å². The molecule has 174 valence electrons. The van der Waals surface area contributed by atoms with Crippen molar-refractivity contribution >= 4 is 22.8 Å². The van der Waals surface area contributed by atoms with E-state index in [0.717, 1.165) is 33.3 Å². The van der Waals surface area contributed by atoms with Crippen molar-refractivity contribution in [1.82, 2.24) is 20.6 Å². The van der Waals surface area contributed by atoms with E-state index in [0.29, 0.717) is 6.42 Å². The minimum atomic E-state index is -1.25. The fraction of sp³-hybridized carbons (Fsp3) is 0.222. The van der Waals surface area contributed by atoms with Crippen LogP contribution in [0.15, 0.2) is 79.1 Å². The summed E-state index contributed by atoms with van der Waals surface area (Å²) in [5.74, 6) is -0.901. The topological polar surface area (TPSA) is 107 Å². The second-order valence-corrected chi connectivity index (χ2v) is 8.43. The average Bonchev–Trinajstić information content (AvgIpc) is 3.32. The number of nitrogens with one attached hydrogen (secondary N) is 3. The molecule has 0 aliphatic rings. The number of aliphatic hydroxyl groups is 1. The van der Waals surface area contributed by atoms with Gasteiger partial charge in [0.05, 0.1) is 0 Å². The third-order valence-corrected chi connectivity index (χ3v) is 5.69. The molecule has 2 aromatic carbocycles. The number of nitrogens with zero attached hydrogens (tertiary/aromatic N) is 1. The molecule has 0 aliphatic carbocycles. The molecule has 2 aromatic heterocycles. The van der Waals surface area contributed by atoms with E-state index in [9.17, 15) is 14.7 Å². The highest BCUT2D eigenvalue weighted by molar-refractivity contribution is 5.89. The third-order valence-electron chi connectivity index (χ3n) is 5.69. The molecule has 0 spiro atoms. The van der Waals surface area contributed by atoms with Crippen molar-refractivity contribution < 1.29 is 14.7 Å². The molecule has 0 saturated carbocycles. The van der Waals surface area contributed by atoms with Gasteiger partial charge in [-0.3, -0.25) is 9.59 Å². The van der Waals surface area contributed by atoms with Crippen LogP contribution in [0.3, 0.4) is 0 Å². The van der Waals surface area contributed by atoms with E-state index in [-0.39, 0.29) is 18.9 Å². The van der Waals surface area contributed by atoms with E-state index >= 15 is 0 Å². The molecule has 0 saturated heterocycles. The van der Waals surface area contributed by atoms with Crippen molar-refractivity contribution in [2.75, 3.05) is 0 Å². The number of carbonyl (C=O) groups is 2. The molecule has 2 amide bonds. The summed E-state index contributed by atoms with van der Waals surface area (Å²) in [5, 5.41) is 17.0. The first-order chi connectivity index (χ1) is 16.5. The van der Waals surface area contributed by atoms with Gasteiger partial charge in [-0.05, 0) is 35.7 Å². The maximum absolute atomic E-state index is 13.1. The van der Waals surface area contributed by atoms with Gasteiger partial charge in [0.2, 0.25) is 11.8 Å². The lowest BCUT2D eigenvalue weighted by Gasteiger charge is -2.21. The Hall–Kier alpha value is -3.97. The van der Waals surface area contributed by atoms with E-state index in [1.807, 2.05) is 79.9 Å². The number of fused-ring (bicyclic) bond motifs is 1. The van der Waals surface area contributed by atoms with Crippen molar-refractivity contribution in [3.05, 3.63) is 101 Å². The molecule has 0 aliphatic heterocycles. The predicted octanol–water partition coefficient (Wildman–Crippen LogP) is 2.82. The number of aliphatic hydroxyl groups excluding tert-OH is 1. The normalized spacial score (nSPS) is 12.8. The summed E-state index contributed by atoms with van der Waals surface area (Å²) in [5.41, 5.74) is 4.51. The number of aryl methyl sites for hydroxylation is 1. The molecule has 0 fully saturated rings. The zero-order valence-electron chi connectivity index (χ0n) is 19.0. The summed E-state index contributed by atoms with van der Waals surface area (Å²) in [4.78, 5) is 33.2. The minimum absolute atomic E-state index is 0.174. The predicted molar refractivity (Wildman–Crippen MR) is 131 cm³/mol. The number of pyridine rings is 1. The molecule has 34 heavy (non-hydrogen) atoms. The average molecular weight is 457 g/mol. The van der Waals surface area contributed by atoms with Crippen molar-refractivity contribution in [3.63, 3.8) is 0 Å². The summed E-state index contributed by atoms with van der Waals surface area (Å²) in [6, 6.07) is 20.1. The molecule has 0 radical (unpaired) electrons. The Balaban J connectivity index is 1.43. The van der Waals surface area contributed by atoms with Gasteiger partial charge in [-0.2, -0.15) is 0 Å². The fourth-order valence-electron chi connectivity index (χ4n) is 3.76. The van der Waals surface area contributed by atoms with Gasteiger partial charge < -0.3 is 20.7 Å². The number of benzene rings is 2. The van der Waals surface area contributed by atoms with Gasteiger partial charge in [0, 0.05) is 37.2 Å². The Kier molecular flexibility index (Phi) is 7.34. The maximum atomic E-state index is 13.1. The van der Waals surface area contributed by atoms with Crippen LogP contribution in [0.1, 0.15) is 22.3 Å². The highest BCUT2D eigenvalue weighted by Gasteiger charge is 2.25. The molecule has 7 nitrogen and oxygen atoms in total. The van der Waals surface area contributed by atoms with Crippen LogP contribution in [-0.2, 0) is 29.0 Å². The number of rotatable bonds is 9. The monoisotopic (exact) mass is 456 g/mol. The third kappa shape index (κ3) is 6.08. The highest BCUT2D eigenvalue weighted by Crippen LogP contribution is 2.12. The first kappa shape index (κ1) is 23.2. The summed E-state index contributed by atoms with van der Waals surface area (Å²) < 4.78 is 0. The molecule has 7 heteroatoms. The molecular formula is C27H28N4O3. The SMILES string of the molecule is Cc1ccc(C[C@H](NC(=O)[C@H](O)Cc2ccccc2)C(=O)NCc2cnc3[nH]ccc3c2)cc1. The Morgan fingerprint density at radius 1 is 0.941 bits per heavy atom. The summed E-state index contributed by atoms with van der Waals surface area (Å²) in [7, 11) is 0. The fourth-order valence-corrected chi connectivity index (χ4v) is 3.76. The molecule has 4 rings (SSSR count). The second kappa shape index (κ2) is 10.8. The largest absolute Gasteiger partial charge is 0.383 e. The number of aromatic amines is 1. The van der Waals surface area contributed by atoms with Gasteiger partial charge in [0.15, 0.2) is 0 Å². The molecular weight excluding hydrogens is 428 g/mol.